The van der Waals surface area contributed by atoms with Gasteiger partial charge in [0.25, 0.3) is 0 Å². The molecule has 0 fully saturated rings. The van der Waals surface area contributed by atoms with E-state index in [9.17, 15) is 14.7 Å². The molecule has 0 bridgehead atoms. The summed E-state index contributed by atoms with van der Waals surface area (Å²) in [7, 11) is 0. The molecule has 25 heavy (non-hydrogen) atoms. The molecule has 1 aromatic heterocycles. The summed E-state index contributed by atoms with van der Waals surface area (Å²) in [6, 6.07) is 6.13. The molecule has 1 aliphatic carbocycles. The molecule has 0 radical (unpaired) electrons. The Balaban J connectivity index is 1.76. The predicted octanol–water partition coefficient (Wildman–Crippen LogP) is 2.70. The van der Waals surface area contributed by atoms with Gasteiger partial charge in [0.15, 0.2) is 5.13 Å². The molecule has 0 unspecified atom stereocenters. The van der Waals surface area contributed by atoms with Crippen LogP contribution in [0.5, 0.6) is 0 Å². The van der Waals surface area contributed by atoms with Crippen LogP contribution in [-0.2, 0) is 9.59 Å². The van der Waals surface area contributed by atoms with E-state index in [0.29, 0.717) is 18.0 Å². The molecular weight excluding hydrogens is 336 g/mol. The number of allylic oxidation sites excluding steroid dienone is 2. The van der Waals surface area contributed by atoms with Crippen molar-refractivity contribution in [1.29, 1.82) is 0 Å². The van der Waals surface area contributed by atoms with Gasteiger partial charge < -0.3 is 15.2 Å². The predicted molar refractivity (Wildman–Crippen MR) is 96.0 cm³/mol. The van der Waals surface area contributed by atoms with Gasteiger partial charge in [-0.25, -0.2) is 4.98 Å². The van der Waals surface area contributed by atoms with Gasteiger partial charge in [0.2, 0.25) is 5.91 Å². The van der Waals surface area contributed by atoms with E-state index >= 15 is 0 Å². The minimum atomic E-state index is -1.18. The quantitative estimate of drug-likeness (QED) is 0.855. The highest BCUT2D eigenvalue weighted by molar-refractivity contribution is 7.14. The standard InChI is InChI=1S/C19H20N2O3S/c1-11-7-8-13(12(2)9-11)16-10-25-19(20-16)21-17(22)14-5-3-4-6-15(14)18(23)24/h3-4,7-10,14-15H,5-6H2,1-2H3,(H,23,24)(H,20,21,22)/p-1/t14-,15-/m1/s1. The zero-order chi connectivity index (χ0) is 18.0. The van der Waals surface area contributed by atoms with Gasteiger partial charge >= 0.3 is 0 Å². The average molecular weight is 355 g/mol. The number of carboxylic acids is 1. The number of hydrogen-bond acceptors (Lipinski definition) is 5. The van der Waals surface area contributed by atoms with Crippen LogP contribution in [0.1, 0.15) is 24.0 Å². The van der Waals surface area contributed by atoms with E-state index in [2.05, 4.69) is 16.4 Å². The first-order valence-electron chi connectivity index (χ1n) is 8.15. The Morgan fingerprint density at radius 1 is 1.20 bits per heavy atom. The zero-order valence-corrected chi connectivity index (χ0v) is 14.9. The lowest BCUT2D eigenvalue weighted by molar-refractivity contribution is -0.313. The van der Waals surface area contributed by atoms with Crippen molar-refractivity contribution in [1.82, 2.24) is 4.98 Å². The minimum Gasteiger partial charge on any atom is -0.550 e. The number of carbonyl (C=O) groups excluding carboxylic acids is 2. The lowest BCUT2D eigenvalue weighted by Crippen LogP contribution is -2.41. The Morgan fingerprint density at radius 2 is 1.92 bits per heavy atom. The molecule has 0 aliphatic heterocycles. The number of thiazole rings is 1. The van der Waals surface area contributed by atoms with Gasteiger partial charge in [-0.3, -0.25) is 4.79 Å². The third kappa shape index (κ3) is 3.79. The van der Waals surface area contributed by atoms with Crippen molar-refractivity contribution in [2.45, 2.75) is 26.7 Å². The fourth-order valence-corrected chi connectivity index (χ4v) is 3.83. The molecule has 1 heterocycles. The Kier molecular flexibility index (Phi) is 4.99. The number of aryl methyl sites for hydroxylation is 2. The average Bonchev–Trinajstić information content (AvgIpc) is 3.02. The Labute approximate surface area is 150 Å². The molecular formula is C19H19N2O3S-. The van der Waals surface area contributed by atoms with Crippen molar-refractivity contribution in [2.75, 3.05) is 5.32 Å². The molecule has 6 heteroatoms. The molecule has 2 aromatic rings. The number of aromatic nitrogens is 1. The third-order valence-corrected chi connectivity index (χ3v) is 5.22. The Bertz CT molecular complexity index is 841. The second-order valence-corrected chi connectivity index (χ2v) is 7.18. The van der Waals surface area contributed by atoms with Crippen molar-refractivity contribution in [3.05, 3.63) is 46.9 Å². The third-order valence-electron chi connectivity index (χ3n) is 4.46. The van der Waals surface area contributed by atoms with Gasteiger partial charge in [0, 0.05) is 22.8 Å². The summed E-state index contributed by atoms with van der Waals surface area (Å²) < 4.78 is 0. The van der Waals surface area contributed by atoms with Crippen LogP contribution in [0.25, 0.3) is 11.3 Å². The number of carboxylic acid groups (broad SMARTS) is 1. The van der Waals surface area contributed by atoms with Crippen molar-refractivity contribution in [2.24, 2.45) is 11.8 Å². The van der Waals surface area contributed by atoms with Gasteiger partial charge in [-0.1, -0.05) is 35.9 Å². The van der Waals surface area contributed by atoms with Crippen LogP contribution in [0.2, 0.25) is 0 Å². The number of carbonyl (C=O) groups is 2. The SMILES string of the molecule is Cc1ccc(-c2csc(NC(=O)[C@@H]3CC=CC[C@H]3C(=O)[O-])n2)c(C)c1. The Morgan fingerprint density at radius 3 is 2.60 bits per heavy atom. The summed E-state index contributed by atoms with van der Waals surface area (Å²) in [5.74, 6) is -2.91. The fourth-order valence-electron chi connectivity index (χ4n) is 3.12. The maximum Gasteiger partial charge on any atom is 0.230 e. The van der Waals surface area contributed by atoms with E-state index in [-0.39, 0.29) is 5.91 Å². The number of nitrogens with one attached hydrogen (secondary N) is 1. The molecule has 0 saturated heterocycles. The number of rotatable bonds is 4. The molecule has 1 aromatic carbocycles. The normalized spacial score (nSPS) is 19.6. The first kappa shape index (κ1) is 17.4. The summed E-state index contributed by atoms with van der Waals surface area (Å²) >= 11 is 1.34. The first-order chi connectivity index (χ1) is 12.0. The maximum absolute atomic E-state index is 12.5. The molecule has 5 nitrogen and oxygen atoms in total. The van der Waals surface area contributed by atoms with E-state index in [1.165, 1.54) is 16.9 Å². The highest BCUT2D eigenvalue weighted by Crippen LogP contribution is 2.30. The topological polar surface area (TPSA) is 82.1 Å². The highest BCUT2D eigenvalue weighted by Gasteiger charge is 2.30. The molecule has 1 N–H and O–H groups in total. The fraction of sp³-hybridized carbons (Fsp3) is 0.316. The van der Waals surface area contributed by atoms with Gasteiger partial charge in [0.05, 0.1) is 11.6 Å². The van der Waals surface area contributed by atoms with E-state index in [0.717, 1.165) is 16.8 Å². The van der Waals surface area contributed by atoms with Gasteiger partial charge in [-0.2, -0.15) is 0 Å². The van der Waals surface area contributed by atoms with Gasteiger partial charge in [-0.05, 0) is 32.3 Å². The number of aliphatic carboxylic acids is 1. The minimum absolute atomic E-state index is 0.319. The Hall–Kier alpha value is -2.47. The van der Waals surface area contributed by atoms with Crippen molar-refractivity contribution >= 4 is 28.3 Å². The molecule has 1 aliphatic rings. The monoisotopic (exact) mass is 355 g/mol. The summed E-state index contributed by atoms with van der Waals surface area (Å²) in [4.78, 5) is 28.2. The van der Waals surface area contributed by atoms with E-state index in [4.69, 9.17) is 0 Å². The maximum atomic E-state index is 12.5. The van der Waals surface area contributed by atoms with Crippen LogP contribution in [-0.4, -0.2) is 16.9 Å². The van der Waals surface area contributed by atoms with Crippen LogP contribution < -0.4 is 10.4 Å². The molecule has 0 spiro atoms. The second kappa shape index (κ2) is 7.19. The van der Waals surface area contributed by atoms with Gasteiger partial charge in [0.1, 0.15) is 0 Å². The molecule has 3 rings (SSSR count). The van der Waals surface area contributed by atoms with Crippen LogP contribution in [0.4, 0.5) is 5.13 Å². The van der Waals surface area contributed by atoms with Crippen molar-refractivity contribution < 1.29 is 14.7 Å². The van der Waals surface area contributed by atoms with E-state index in [1.54, 1.807) is 6.08 Å². The summed E-state index contributed by atoms with van der Waals surface area (Å²) in [6.45, 7) is 4.06. The molecule has 1 amide bonds. The largest absolute Gasteiger partial charge is 0.550 e. The summed E-state index contributed by atoms with van der Waals surface area (Å²) in [6.07, 6.45) is 4.35. The molecule has 0 saturated carbocycles. The summed E-state index contributed by atoms with van der Waals surface area (Å²) in [5.41, 5.74) is 4.13. The lowest BCUT2D eigenvalue weighted by atomic mass is 9.82. The highest BCUT2D eigenvalue weighted by atomic mass is 32.1. The summed E-state index contributed by atoms with van der Waals surface area (Å²) in [5, 5.41) is 16.4. The zero-order valence-electron chi connectivity index (χ0n) is 14.1. The molecule has 2 atom stereocenters. The van der Waals surface area contributed by atoms with Crippen LogP contribution in [0.3, 0.4) is 0 Å². The number of amides is 1. The number of anilines is 1. The lowest BCUT2D eigenvalue weighted by Gasteiger charge is -2.27. The van der Waals surface area contributed by atoms with Crippen LogP contribution in [0, 0.1) is 25.7 Å². The number of nitrogens with zero attached hydrogens (tertiary/aromatic N) is 1. The van der Waals surface area contributed by atoms with Crippen LogP contribution in [0.15, 0.2) is 35.7 Å². The van der Waals surface area contributed by atoms with E-state index in [1.807, 2.05) is 37.4 Å². The first-order valence-corrected chi connectivity index (χ1v) is 9.03. The number of benzene rings is 1. The number of hydrogen-bond donors (Lipinski definition) is 1. The second-order valence-electron chi connectivity index (χ2n) is 6.32. The van der Waals surface area contributed by atoms with Crippen LogP contribution >= 0.6 is 11.3 Å². The molecule has 130 valence electrons. The van der Waals surface area contributed by atoms with Crippen molar-refractivity contribution in [3.8, 4) is 11.3 Å². The van der Waals surface area contributed by atoms with Crippen molar-refractivity contribution in [3.63, 3.8) is 0 Å². The van der Waals surface area contributed by atoms with E-state index < -0.39 is 17.8 Å². The van der Waals surface area contributed by atoms with Gasteiger partial charge in [-0.15, -0.1) is 11.3 Å². The smallest absolute Gasteiger partial charge is 0.230 e.